The lowest BCUT2D eigenvalue weighted by Crippen LogP contribution is -2.38. The van der Waals surface area contributed by atoms with Crippen LogP contribution in [0.4, 0.5) is 32.2 Å². The maximum Gasteiger partial charge on any atom is 0.417 e. The van der Waals surface area contributed by atoms with Gasteiger partial charge in [-0.15, -0.1) is 0 Å². The summed E-state index contributed by atoms with van der Waals surface area (Å²) in [5.74, 6) is -2.30. The number of carboxylic acid groups (broad SMARTS) is 1. The molecule has 0 bridgehead atoms. The van der Waals surface area contributed by atoms with Crippen LogP contribution >= 0.6 is 11.6 Å². The fraction of sp³-hybridized carbons (Fsp3) is 0.400. The lowest BCUT2D eigenvalue weighted by molar-refractivity contribution is -0.138. The Hall–Kier alpha value is -1.71. The van der Waals surface area contributed by atoms with Gasteiger partial charge in [-0.3, -0.25) is 4.79 Å². The number of aromatic nitrogens is 1. The molecule has 1 heterocycles. The number of pyridine rings is 1. The highest BCUT2D eigenvalue weighted by molar-refractivity contribution is 6.33. The molecule has 0 radical (unpaired) electrons. The van der Waals surface area contributed by atoms with E-state index in [1.807, 2.05) is 0 Å². The number of carbonyl (C=O) groups is 1. The Kier molecular flexibility index (Phi) is 4.92. The number of nitrogens with zero attached hydrogens (tertiary/aromatic N) is 2. The molecule has 11 heteroatoms. The minimum atomic E-state index is -4.77. The summed E-state index contributed by atoms with van der Waals surface area (Å²) in [5.41, 5.74) is -1.25. The smallest absolute Gasteiger partial charge is 0.417 e. The summed E-state index contributed by atoms with van der Waals surface area (Å²) >= 11 is 5.48. The molecule has 0 aromatic carbocycles. The van der Waals surface area contributed by atoms with E-state index < -0.39 is 47.8 Å². The fourth-order valence-electron chi connectivity index (χ4n) is 1.40. The summed E-state index contributed by atoms with van der Waals surface area (Å²) in [7, 11) is 0. The molecule has 0 saturated carbocycles. The number of hydrogen-bond donors (Lipinski definition) is 1. The summed E-state index contributed by atoms with van der Waals surface area (Å²) in [6.07, 6.45) is -9.26. The molecule has 118 valence electrons. The minimum Gasteiger partial charge on any atom is -0.480 e. The van der Waals surface area contributed by atoms with E-state index in [9.17, 15) is 31.1 Å². The Morgan fingerprint density at radius 2 is 1.86 bits per heavy atom. The Labute approximate surface area is 118 Å². The maximum absolute atomic E-state index is 12.4. The normalized spacial score (nSPS) is 12.3. The zero-order chi connectivity index (χ0) is 16.4. The Bertz CT molecular complexity index is 531. The van der Waals surface area contributed by atoms with Gasteiger partial charge in [0.05, 0.1) is 10.6 Å². The number of carboxylic acids is 1. The summed E-state index contributed by atoms with van der Waals surface area (Å²) < 4.78 is 74.3. The van der Waals surface area contributed by atoms with E-state index in [4.69, 9.17) is 16.7 Å². The number of rotatable bonds is 4. The van der Waals surface area contributed by atoms with Crippen molar-refractivity contribution in [1.29, 1.82) is 0 Å². The molecular formula is C10H7ClF6N2O2. The van der Waals surface area contributed by atoms with Gasteiger partial charge in [-0.1, -0.05) is 11.6 Å². The molecule has 1 rings (SSSR count). The van der Waals surface area contributed by atoms with Gasteiger partial charge in [-0.2, -0.15) is 26.3 Å². The van der Waals surface area contributed by atoms with E-state index in [1.54, 1.807) is 0 Å². The molecule has 1 aromatic heterocycles. The van der Waals surface area contributed by atoms with Gasteiger partial charge in [-0.05, 0) is 6.07 Å². The molecule has 0 aliphatic heterocycles. The van der Waals surface area contributed by atoms with Crippen LogP contribution in [-0.2, 0) is 11.0 Å². The average molecular weight is 337 g/mol. The second kappa shape index (κ2) is 5.96. The van der Waals surface area contributed by atoms with Crippen LogP contribution in [0.1, 0.15) is 5.56 Å². The molecule has 1 N–H and O–H groups in total. The van der Waals surface area contributed by atoms with Crippen molar-refractivity contribution in [2.75, 3.05) is 18.0 Å². The quantitative estimate of drug-likeness (QED) is 0.858. The second-order valence-electron chi connectivity index (χ2n) is 3.89. The molecule has 0 amide bonds. The first-order valence-electron chi connectivity index (χ1n) is 5.16. The molecule has 0 unspecified atom stereocenters. The zero-order valence-corrected chi connectivity index (χ0v) is 10.7. The Morgan fingerprint density at radius 1 is 1.29 bits per heavy atom. The molecule has 21 heavy (non-hydrogen) atoms. The summed E-state index contributed by atoms with van der Waals surface area (Å²) in [4.78, 5) is 14.0. The van der Waals surface area contributed by atoms with E-state index >= 15 is 0 Å². The summed E-state index contributed by atoms with van der Waals surface area (Å²) in [6, 6.07) is 0.384. The van der Waals surface area contributed by atoms with Crippen molar-refractivity contribution in [2.45, 2.75) is 12.4 Å². The van der Waals surface area contributed by atoms with E-state index in [-0.39, 0.29) is 11.1 Å². The monoisotopic (exact) mass is 336 g/mol. The van der Waals surface area contributed by atoms with Gasteiger partial charge in [0, 0.05) is 6.20 Å². The second-order valence-corrected chi connectivity index (χ2v) is 4.30. The van der Waals surface area contributed by atoms with Gasteiger partial charge < -0.3 is 10.0 Å². The molecule has 0 saturated heterocycles. The minimum absolute atomic E-state index is 0.227. The number of alkyl halides is 6. The topological polar surface area (TPSA) is 53.4 Å². The van der Waals surface area contributed by atoms with E-state index in [0.29, 0.717) is 6.07 Å². The fourth-order valence-corrected chi connectivity index (χ4v) is 1.69. The van der Waals surface area contributed by atoms with Gasteiger partial charge >= 0.3 is 18.3 Å². The largest absolute Gasteiger partial charge is 0.480 e. The molecule has 1 aromatic rings. The van der Waals surface area contributed by atoms with Crippen molar-refractivity contribution in [3.05, 3.63) is 22.8 Å². The van der Waals surface area contributed by atoms with Crippen molar-refractivity contribution in [2.24, 2.45) is 0 Å². The molecule has 0 aliphatic carbocycles. The van der Waals surface area contributed by atoms with Crippen molar-refractivity contribution in [3.63, 3.8) is 0 Å². The third-order valence-electron chi connectivity index (χ3n) is 2.14. The maximum atomic E-state index is 12.4. The average Bonchev–Trinajstić information content (AvgIpc) is 2.23. The number of anilines is 1. The molecule has 4 nitrogen and oxygen atoms in total. The van der Waals surface area contributed by atoms with Crippen LogP contribution < -0.4 is 4.90 Å². The highest BCUT2D eigenvalue weighted by Gasteiger charge is 2.35. The van der Waals surface area contributed by atoms with Crippen LogP contribution in [-0.4, -0.2) is 35.3 Å². The van der Waals surface area contributed by atoms with Crippen LogP contribution in [0.15, 0.2) is 12.3 Å². The summed E-state index contributed by atoms with van der Waals surface area (Å²) in [6.45, 7) is -2.82. The highest BCUT2D eigenvalue weighted by Crippen LogP contribution is 2.34. The van der Waals surface area contributed by atoms with Crippen LogP contribution in [0.2, 0.25) is 5.02 Å². The first-order chi connectivity index (χ1) is 9.40. The number of halogens is 7. The first-order valence-corrected chi connectivity index (χ1v) is 5.54. The van der Waals surface area contributed by atoms with Gasteiger partial charge in [0.15, 0.2) is 0 Å². The predicted octanol–water partition coefficient (Wildman–Crippen LogP) is 3.21. The van der Waals surface area contributed by atoms with E-state index in [1.165, 1.54) is 0 Å². The van der Waals surface area contributed by atoms with Crippen molar-refractivity contribution >= 4 is 23.4 Å². The predicted molar refractivity (Wildman–Crippen MR) is 60.2 cm³/mol. The Morgan fingerprint density at radius 3 is 2.24 bits per heavy atom. The van der Waals surface area contributed by atoms with Gasteiger partial charge in [0.25, 0.3) is 0 Å². The third kappa shape index (κ3) is 5.29. The first kappa shape index (κ1) is 17.3. The van der Waals surface area contributed by atoms with Gasteiger partial charge in [0.2, 0.25) is 0 Å². The number of aliphatic carboxylic acids is 1. The van der Waals surface area contributed by atoms with Crippen LogP contribution in [0.3, 0.4) is 0 Å². The van der Waals surface area contributed by atoms with Crippen LogP contribution in [0, 0.1) is 0 Å². The third-order valence-corrected chi connectivity index (χ3v) is 2.42. The lowest BCUT2D eigenvalue weighted by Gasteiger charge is -2.24. The van der Waals surface area contributed by atoms with Gasteiger partial charge in [-0.25, -0.2) is 4.98 Å². The Balaban J connectivity index is 3.16. The lowest BCUT2D eigenvalue weighted by atomic mass is 10.2. The van der Waals surface area contributed by atoms with Crippen LogP contribution in [0.25, 0.3) is 0 Å². The molecular weight excluding hydrogens is 330 g/mol. The van der Waals surface area contributed by atoms with Crippen molar-refractivity contribution in [1.82, 2.24) is 4.98 Å². The number of hydrogen-bond acceptors (Lipinski definition) is 3. The highest BCUT2D eigenvalue weighted by atomic mass is 35.5. The molecule has 0 aliphatic rings. The van der Waals surface area contributed by atoms with Gasteiger partial charge in [0.1, 0.15) is 18.9 Å². The van der Waals surface area contributed by atoms with Crippen molar-refractivity contribution in [3.8, 4) is 0 Å². The van der Waals surface area contributed by atoms with Crippen LogP contribution in [0.5, 0.6) is 0 Å². The SMILES string of the molecule is O=C(O)CN(CC(F)(F)F)c1ncc(C(F)(F)F)cc1Cl. The van der Waals surface area contributed by atoms with Crippen molar-refractivity contribution < 1.29 is 36.2 Å². The zero-order valence-electron chi connectivity index (χ0n) is 9.96. The molecule has 0 atom stereocenters. The molecule has 0 fully saturated rings. The van der Waals surface area contributed by atoms with E-state index in [0.717, 1.165) is 0 Å². The standard InChI is InChI=1S/C10H7ClF6N2O2/c11-6-1-5(10(15,16)17)2-18-8(6)19(3-7(20)21)4-9(12,13)14/h1-2H,3-4H2,(H,20,21). The molecule has 0 spiro atoms. The van der Waals surface area contributed by atoms with E-state index in [2.05, 4.69) is 4.98 Å². The summed E-state index contributed by atoms with van der Waals surface area (Å²) in [5, 5.41) is 7.83.